The average Bonchev–Trinajstić information content (AvgIpc) is 3.03. The number of halogens is 2. The molecule has 232 valence electrons. The molecule has 0 aliphatic carbocycles. The summed E-state index contributed by atoms with van der Waals surface area (Å²) in [5.74, 6) is 0.745. The summed E-state index contributed by atoms with van der Waals surface area (Å²) in [7, 11) is 0. The van der Waals surface area contributed by atoms with Crippen molar-refractivity contribution in [2.75, 3.05) is 68.9 Å². The van der Waals surface area contributed by atoms with E-state index in [1.165, 1.54) is 19.1 Å². The summed E-state index contributed by atoms with van der Waals surface area (Å²) in [6.07, 6.45) is 4.49. The highest BCUT2D eigenvalue weighted by Crippen LogP contribution is 2.37. The number of hydrogen-bond donors (Lipinski definition) is 0. The van der Waals surface area contributed by atoms with Gasteiger partial charge in [-0.3, -0.25) is 9.69 Å². The molecule has 0 spiro atoms. The average molecular weight is 620 g/mol. The Morgan fingerprint density at radius 3 is 2.55 bits per heavy atom. The van der Waals surface area contributed by atoms with Gasteiger partial charge in [0.1, 0.15) is 19.1 Å². The van der Waals surface area contributed by atoms with Crippen LogP contribution in [-0.4, -0.2) is 90.8 Å². The van der Waals surface area contributed by atoms with Crippen molar-refractivity contribution in [1.82, 2.24) is 19.8 Å². The highest BCUT2D eigenvalue weighted by molar-refractivity contribution is 6.36. The van der Waals surface area contributed by atoms with E-state index in [0.29, 0.717) is 51.4 Å². The van der Waals surface area contributed by atoms with Crippen LogP contribution in [0.5, 0.6) is 6.01 Å². The van der Waals surface area contributed by atoms with Crippen molar-refractivity contribution < 1.29 is 13.9 Å². The lowest BCUT2D eigenvalue weighted by Crippen LogP contribution is -2.50. The number of likely N-dealkylation sites (N-methyl/N-ethyl adjacent to an activating group) is 1. The Morgan fingerprint density at radius 2 is 1.86 bits per heavy atom. The fraction of sp³-hybridized carbons (Fsp3) is 0.455. The molecular weight excluding hydrogens is 581 g/mol. The van der Waals surface area contributed by atoms with E-state index in [0.717, 1.165) is 71.0 Å². The number of anilines is 2. The molecule has 3 aromatic rings. The van der Waals surface area contributed by atoms with Crippen LogP contribution in [0.1, 0.15) is 31.5 Å². The molecule has 6 rings (SSSR count). The second-order valence-electron chi connectivity index (χ2n) is 11.0. The van der Waals surface area contributed by atoms with E-state index in [1.807, 2.05) is 12.1 Å². The molecule has 44 heavy (non-hydrogen) atoms. The molecule has 0 radical (unpaired) electrons. The summed E-state index contributed by atoms with van der Waals surface area (Å²) in [4.78, 5) is 31.0. The van der Waals surface area contributed by atoms with Crippen molar-refractivity contribution in [2.24, 2.45) is 0 Å². The number of allylic oxidation sites excluding steroid dienone is 1. The molecule has 1 unspecified atom stereocenters. The van der Waals surface area contributed by atoms with E-state index in [4.69, 9.17) is 31.6 Å². The first-order valence-electron chi connectivity index (χ1n) is 15.2. The van der Waals surface area contributed by atoms with Crippen LogP contribution in [0.25, 0.3) is 10.8 Å². The van der Waals surface area contributed by atoms with Crippen LogP contribution in [0.2, 0.25) is 5.02 Å². The summed E-state index contributed by atoms with van der Waals surface area (Å²) in [6, 6.07) is 14.9. The number of alkyl halides is 1. The molecule has 3 aliphatic rings. The molecule has 11 heteroatoms. The second kappa shape index (κ2) is 14.7. The lowest BCUT2D eigenvalue weighted by molar-refractivity contribution is -0.126. The zero-order valence-electron chi connectivity index (χ0n) is 25.4. The first-order chi connectivity index (χ1) is 21.5. The highest BCUT2D eigenvalue weighted by Gasteiger charge is 2.31. The predicted molar refractivity (Wildman–Crippen MR) is 172 cm³/mol. The number of likely N-dealkylation sites (tertiary alicyclic amines) is 1. The van der Waals surface area contributed by atoms with Gasteiger partial charge >= 0.3 is 6.01 Å². The third-order valence-corrected chi connectivity index (χ3v) is 8.83. The van der Waals surface area contributed by atoms with E-state index in [9.17, 15) is 9.18 Å². The molecule has 3 aliphatic heterocycles. The lowest BCUT2D eigenvalue weighted by atomic mass is 10.0. The van der Waals surface area contributed by atoms with Gasteiger partial charge in [-0.1, -0.05) is 42.8 Å². The molecule has 2 fully saturated rings. The Hall–Kier alpha value is -3.94. The molecule has 0 N–H and O–H groups in total. The van der Waals surface area contributed by atoms with E-state index >= 15 is 0 Å². The van der Waals surface area contributed by atoms with E-state index in [-0.39, 0.29) is 5.91 Å². The zero-order valence-corrected chi connectivity index (χ0v) is 26.1. The van der Waals surface area contributed by atoms with Crippen LogP contribution in [-0.2, 0) is 17.8 Å². The normalized spacial score (nSPS) is 18.3. The summed E-state index contributed by atoms with van der Waals surface area (Å²) in [6.45, 7) is 9.49. The van der Waals surface area contributed by atoms with Gasteiger partial charge in [0, 0.05) is 74.9 Å². The molecule has 4 heterocycles. The van der Waals surface area contributed by atoms with Gasteiger partial charge in [0.25, 0.3) is 0 Å². The molecule has 0 saturated carbocycles. The number of amides is 1. The Morgan fingerprint density at radius 1 is 1.11 bits per heavy atom. The number of aromatic nitrogens is 2. The Balaban J connectivity index is 0.00000123. The van der Waals surface area contributed by atoms with E-state index in [2.05, 4.69) is 45.9 Å². The number of carbonyl (C=O) groups is 1. The van der Waals surface area contributed by atoms with Crippen molar-refractivity contribution in [2.45, 2.75) is 39.3 Å². The van der Waals surface area contributed by atoms with Crippen molar-refractivity contribution in [3.63, 3.8) is 0 Å². The second-order valence-corrected chi connectivity index (χ2v) is 11.4. The molecule has 1 aromatic heterocycles. The number of rotatable bonds is 8. The minimum Gasteiger partial charge on any atom is -0.462 e. The first-order valence-corrected chi connectivity index (χ1v) is 15.6. The fourth-order valence-electron chi connectivity index (χ4n) is 6.12. The molecule has 2 saturated heterocycles. The maximum absolute atomic E-state index is 12.5. The molecular formula is C33H39ClFN7O2. The van der Waals surface area contributed by atoms with Gasteiger partial charge in [-0.25, -0.2) is 4.39 Å². The standard InChI is InChI=1S/C31H36ClFN6O2.C2H3N/c1-2-36-14-11-23(36)21-41-31-34-26-20-39(27-9-4-7-22-6-3-8-25(32)29(22)27)15-12-24(26)30(35-31)38-18-16-37(17-19-38)28(40)10-5-13-33;1-2-3/h3-10,23H,2,11-21H2,1H3;1H3/b10-5+;. The topological polar surface area (TPSA) is 88.8 Å². The largest absolute Gasteiger partial charge is 0.462 e. The van der Waals surface area contributed by atoms with Crippen LogP contribution >= 0.6 is 11.6 Å². The van der Waals surface area contributed by atoms with Gasteiger partial charge in [0.2, 0.25) is 5.91 Å². The van der Waals surface area contributed by atoms with Crippen LogP contribution in [0.15, 0.2) is 48.6 Å². The quantitative estimate of drug-likeness (QED) is 0.325. The SMILES string of the molecule is CC#N.CCN1CCC1COc1nc2c(c(N3CCN(C(=O)/C=C/CF)CC3)n1)CCN(c1cccc3cccc(Cl)c13)C2. The van der Waals surface area contributed by atoms with Crippen LogP contribution in [0.3, 0.4) is 0 Å². The van der Waals surface area contributed by atoms with Crippen LogP contribution in [0, 0.1) is 11.3 Å². The Bertz CT molecular complexity index is 1530. The van der Waals surface area contributed by atoms with Gasteiger partial charge < -0.3 is 19.4 Å². The Labute approximate surface area is 263 Å². The number of hydrogen-bond acceptors (Lipinski definition) is 8. The summed E-state index contributed by atoms with van der Waals surface area (Å²) in [5.41, 5.74) is 3.20. The summed E-state index contributed by atoms with van der Waals surface area (Å²) >= 11 is 6.68. The van der Waals surface area contributed by atoms with E-state index in [1.54, 1.807) is 11.0 Å². The molecule has 9 nitrogen and oxygen atoms in total. The summed E-state index contributed by atoms with van der Waals surface area (Å²) in [5, 5.41) is 10.2. The lowest BCUT2D eigenvalue weighted by Gasteiger charge is -2.40. The number of ether oxygens (including phenoxy) is 1. The van der Waals surface area contributed by atoms with Crippen molar-refractivity contribution in [3.05, 3.63) is 64.8 Å². The number of nitriles is 1. The molecule has 2 aromatic carbocycles. The van der Waals surface area contributed by atoms with Gasteiger partial charge in [0.15, 0.2) is 0 Å². The van der Waals surface area contributed by atoms with Crippen molar-refractivity contribution in [3.8, 4) is 12.1 Å². The van der Waals surface area contributed by atoms with Gasteiger partial charge in [-0.2, -0.15) is 15.2 Å². The number of fused-ring (bicyclic) bond motifs is 2. The third kappa shape index (κ3) is 6.90. The van der Waals surface area contributed by atoms with Crippen LogP contribution in [0.4, 0.5) is 15.9 Å². The number of carbonyl (C=O) groups excluding carboxylic acids is 1. The van der Waals surface area contributed by atoms with E-state index < -0.39 is 6.67 Å². The maximum atomic E-state index is 12.5. The minimum absolute atomic E-state index is 0.151. The van der Waals surface area contributed by atoms with Gasteiger partial charge in [0.05, 0.1) is 23.3 Å². The number of piperazine rings is 1. The smallest absolute Gasteiger partial charge is 0.318 e. The number of nitrogens with zero attached hydrogens (tertiary/aromatic N) is 7. The van der Waals surface area contributed by atoms with Gasteiger partial charge in [-0.15, -0.1) is 0 Å². The fourth-order valence-corrected chi connectivity index (χ4v) is 6.40. The predicted octanol–water partition coefficient (Wildman–Crippen LogP) is 5.02. The molecule has 1 amide bonds. The minimum atomic E-state index is -0.638. The highest BCUT2D eigenvalue weighted by atomic mass is 35.5. The van der Waals surface area contributed by atoms with Gasteiger partial charge in [-0.05, 0) is 43.0 Å². The molecule has 1 atom stereocenters. The zero-order chi connectivity index (χ0) is 31.1. The van der Waals surface area contributed by atoms with Crippen molar-refractivity contribution in [1.29, 1.82) is 5.26 Å². The number of benzene rings is 2. The van der Waals surface area contributed by atoms with Crippen LogP contribution < -0.4 is 14.5 Å². The maximum Gasteiger partial charge on any atom is 0.318 e. The Kier molecular flexibility index (Phi) is 10.5. The molecule has 0 bridgehead atoms. The summed E-state index contributed by atoms with van der Waals surface area (Å²) < 4.78 is 18.7. The first kappa shape index (κ1) is 31.5. The van der Waals surface area contributed by atoms with Crippen molar-refractivity contribution >= 4 is 39.8 Å². The third-order valence-electron chi connectivity index (χ3n) is 8.51. The monoisotopic (exact) mass is 619 g/mol.